The van der Waals surface area contributed by atoms with E-state index in [4.69, 9.17) is 28.3 Å². The molecule has 0 aromatic heterocycles. The van der Waals surface area contributed by atoms with E-state index in [0.29, 0.717) is 6.08 Å². The Morgan fingerprint density at radius 3 is 2.35 bits per heavy atom. The fraction of sp³-hybridized carbons (Fsp3) is 0.0357. The van der Waals surface area contributed by atoms with Gasteiger partial charge in [-0.1, -0.05) is 47.5 Å². The molecule has 1 saturated heterocycles. The van der Waals surface area contributed by atoms with Crippen molar-refractivity contribution in [1.82, 2.24) is 0 Å². The number of Topliss-reactive ketones (excluding diaryl/α,β-unsaturated/α-hetero) is 1. The Morgan fingerprint density at radius 2 is 1.62 bits per heavy atom. The summed E-state index contributed by atoms with van der Waals surface area (Å²) in [5.41, 5.74) is -1.91. The second kappa shape index (κ2) is 9.99. The highest BCUT2D eigenvalue weighted by atomic mass is 35.5. The normalized spacial score (nSPS) is 19.2. The Hall–Kier alpha value is -4.93. The second-order valence-electron chi connectivity index (χ2n) is 8.77. The van der Waals surface area contributed by atoms with E-state index in [9.17, 15) is 29.1 Å². The lowest BCUT2D eigenvalue weighted by molar-refractivity contribution is -0.132. The molecule has 0 aliphatic carbocycles. The highest BCUT2D eigenvalue weighted by molar-refractivity contribution is 6.55. The number of aliphatic carboxylic acids is 1. The molecule has 0 bridgehead atoms. The molecule has 2 aliphatic heterocycles. The van der Waals surface area contributed by atoms with Gasteiger partial charge in [0, 0.05) is 50.4 Å². The topological polar surface area (TPSA) is 153 Å². The number of nitrogens with one attached hydrogen (secondary N) is 2. The molecule has 1 unspecified atom stereocenters. The summed E-state index contributed by atoms with van der Waals surface area (Å²) in [5, 5.41) is 25.9. The maximum Gasteiger partial charge on any atom is 0.328 e. The van der Waals surface area contributed by atoms with Gasteiger partial charge >= 0.3 is 11.9 Å². The summed E-state index contributed by atoms with van der Waals surface area (Å²) in [6.45, 7) is 0. The maximum atomic E-state index is 13.8. The summed E-state index contributed by atoms with van der Waals surface area (Å²) in [6, 6.07) is 16.1. The first kappa shape index (κ1) is 26.7. The van der Waals surface area contributed by atoms with Gasteiger partial charge in [0.05, 0.1) is 5.57 Å². The molecule has 1 spiro atoms. The summed E-state index contributed by atoms with van der Waals surface area (Å²) in [7, 11) is 0. The van der Waals surface area contributed by atoms with Gasteiger partial charge in [-0.3, -0.25) is 24.1 Å². The van der Waals surface area contributed by atoms with E-state index in [0.717, 1.165) is 11.0 Å². The number of carbonyl (C=O) groups is 5. The standard InChI is InChI=1S/C28H17Cl2N3O7/c29-15-4-2-6-18(12-15)33-26(39)25(38)23(28(33)19-8-7-16(30)13-20(19)32-27(28)40)24(37)14-3-1-5-17(11-14)31-21(34)9-10-22(35)36/h1-13,37H,(H,31,34)(H,32,40)(H,35,36). The molecule has 3 aromatic carbocycles. The fourth-order valence-electron chi connectivity index (χ4n) is 4.80. The molecule has 3 aromatic rings. The zero-order chi connectivity index (χ0) is 28.8. The minimum atomic E-state index is -2.12. The SMILES string of the molecule is O=C(O)C=CC(=O)Nc1cccc(C(O)=C2C(=O)C(=O)N(c3cccc(Cl)c3)C23C(=O)Nc2cc(Cl)ccc23)c1. The molecule has 200 valence electrons. The number of carboxylic acid groups (broad SMARTS) is 1. The van der Waals surface area contributed by atoms with Crippen molar-refractivity contribution in [3.63, 3.8) is 0 Å². The molecule has 12 heteroatoms. The van der Waals surface area contributed by atoms with Crippen LogP contribution in [0.2, 0.25) is 10.0 Å². The van der Waals surface area contributed by atoms with Crippen LogP contribution in [0.1, 0.15) is 11.1 Å². The number of hydrogen-bond donors (Lipinski definition) is 4. The van der Waals surface area contributed by atoms with Crippen LogP contribution in [0.4, 0.5) is 17.1 Å². The number of carboxylic acids is 1. The molecule has 2 heterocycles. The molecule has 2 aliphatic rings. The van der Waals surface area contributed by atoms with E-state index in [2.05, 4.69) is 10.6 Å². The van der Waals surface area contributed by atoms with Gasteiger partial charge in [0.25, 0.3) is 11.7 Å². The van der Waals surface area contributed by atoms with Crippen molar-refractivity contribution in [2.24, 2.45) is 0 Å². The first-order chi connectivity index (χ1) is 19.0. The van der Waals surface area contributed by atoms with Crippen molar-refractivity contribution in [2.45, 2.75) is 5.54 Å². The first-order valence-electron chi connectivity index (χ1n) is 11.6. The molecule has 1 atom stereocenters. The lowest BCUT2D eigenvalue weighted by atomic mass is 9.81. The van der Waals surface area contributed by atoms with Crippen LogP contribution in [0.5, 0.6) is 0 Å². The third-order valence-corrected chi connectivity index (χ3v) is 6.82. The molecule has 3 amide bonds. The first-order valence-corrected chi connectivity index (χ1v) is 12.3. The maximum absolute atomic E-state index is 13.8. The fourth-order valence-corrected chi connectivity index (χ4v) is 5.16. The Kier molecular flexibility index (Phi) is 6.66. The van der Waals surface area contributed by atoms with Crippen molar-refractivity contribution >= 4 is 75.5 Å². The Morgan fingerprint density at radius 1 is 0.900 bits per heavy atom. The van der Waals surface area contributed by atoms with Gasteiger partial charge in [-0.15, -0.1) is 0 Å². The molecule has 4 N–H and O–H groups in total. The molecular formula is C28H17Cl2N3O7. The Labute approximate surface area is 236 Å². The molecular weight excluding hydrogens is 561 g/mol. The molecule has 5 rings (SSSR count). The van der Waals surface area contributed by atoms with E-state index in [1.807, 2.05) is 0 Å². The van der Waals surface area contributed by atoms with Gasteiger partial charge in [0.15, 0.2) is 5.54 Å². The Bertz CT molecular complexity index is 1720. The second-order valence-corrected chi connectivity index (χ2v) is 9.64. The molecule has 40 heavy (non-hydrogen) atoms. The van der Waals surface area contributed by atoms with Crippen molar-refractivity contribution in [3.8, 4) is 0 Å². The number of carbonyl (C=O) groups excluding carboxylic acids is 4. The monoisotopic (exact) mass is 577 g/mol. The van der Waals surface area contributed by atoms with E-state index >= 15 is 0 Å². The lowest BCUT2D eigenvalue weighted by Gasteiger charge is -2.33. The largest absolute Gasteiger partial charge is 0.507 e. The molecule has 1 fully saturated rings. The minimum absolute atomic E-state index is 0.00121. The van der Waals surface area contributed by atoms with Crippen LogP contribution in [0.25, 0.3) is 5.76 Å². The number of aliphatic hydroxyl groups is 1. The van der Waals surface area contributed by atoms with Gasteiger partial charge in [0.1, 0.15) is 5.76 Å². The zero-order valence-electron chi connectivity index (χ0n) is 20.1. The number of ketones is 1. The van der Waals surface area contributed by atoms with Gasteiger partial charge in [-0.05, 0) is 42.5 Å². The van der Waals surface area contributed by atoms with Crippen LogP contribution < -0.4 is 15.5 Å². The Balaban J connectivity index is 1.73. The van der Waals surface area contributed by atoms with E-state index in [1.165, 1.54) is 54.6 Å². The number of halogens is 2. The number of rotatable bonds is 5. The van der Waals surface area contributed by atoms with Gasteiger partial charge < -0.3 is 20.8 Å². The third-order valence-electron chi connectivity index (χ3n) is 6.35. The average molecular weight is 578 g/mol. The average Bonchev–Trinajstić information content (AvgIpc) is 3.31. The summed E-state index contributed by atoms with van der Waals surface area (Å²) >= 11 is 12.3. The van der Waals surface area contributed by atoms with Crippen LogP contribution in [0, 0.1) is 0 Å². The highest BCUT2D eigenvalue weighted by Crippen LogP contribution is 2.53. The summed E-state index contributed by atoms with van der Waals surface area (Å²) in [4.78, 5) is 64.7. The van der Waals surface area contributed by atoms with Crippen molar-refractivity contribution in [3.05, 3.63) is 106 Å². The van der Waals surface area contributed by atoms with Crippen molar-refractivity contribution in [1.29, 1.82) is 0 Å². The van der Waals surface area contributed by atoms with E-state index in [-0.39, 0.29) is 38.2 Å². The van der Waals surface area contributed by atoms with Gasteiger partial charge in [-0.25, -0.2) is 4.79 Å². The number of fused-ring (bicyclic) bond motifs is 2. The number of amides is 3. The molecule has 0 radical (unpaired) electrons. The quantitative estimate of drug-likeness (QED) is 0.200. The van der Waals surface area contributed by atoms with Crippen molar-refractivity contribution in [2.75, 3.05) is 15.5 Å². The predicted octanol–water partition coefficient (Wildman–Crippen LogP) is 4.31. The molecule has 0 saturated carbocycles. The van der Waals surface area contributed by atoms with Crippen LogP contribution in [0.3, 0.4) is 0 Å². The third kappa shape index (κ3) is 4.29. The van der Waals surface area contributed by atoms with Crippen LogP contribution in [-0.4, -0.2) is 39.7 Å². The van der Waals surface area contributed by atoms with E-state index < -0.39 is 46.3 Å². The highest BCUT2D eigenvalue weighted by Gasteiger charge is 2.66. The van der Waals surface area contributed by atoms with Gasteiger partial charge in [-0.2, -0.15) is 0 Å². The number of nitrogens with zero attached hydrogens (tertiary/aromatic N) is 1. The number of anilines is 3. The van der Waals surface area contributed by atoms with Crippen LogP contribution in [0.15, 0.2) is 84.5 Å². The smallest absolute Gasteiger partial charge is 0.328 e. The number of aliphatic hydroxyl groups excluding tert-OH is 1. The van der Waals surface area contributed by atoms with Crippen LogP contribution in [-0.2, 0) is 29.5 Å². The van der Waals surface area contributed by atoms with Gasteiger partial charge in [0.2, 0.25) is 5.91 Å². The summed E-state index contributed by atoms with van der Waals surface area (Å²) in [5.74, 6) is -5.75. The molecule has 10 nitrogen and oxygen atoms in total. The number of hydrogen-bond acceptors (Lipinski definition) is 6. The van der Waals surface area contributed by atoms with Crippen LogP contribution >= 0.6 is 23.2 Å². The van der Waals surface area contributed by atoms with Crippen molar-refractivity contribution < 1.29 is 34.2 Å². The predicted molar refractivity (Wildman–Crippen MR) is 147 cm³/mol. The lowest BCUT2D eigenvalue weighted by Crippen LogP contribution is -2.49. The minimum Gasteiger partial charge on any atom is -0.507 e. The number of benzene rings is 3. The zero-order valence-corrected chi connectivity index (χ0v) is 21.7. The summed E-state index contributed by atoms with van der Waals surface area (Å²) in [6.07, 6.45) is 1.45. The summed E-state index contributed by atoms with van der Waals surface area (Å²) < 4.78 is 0. The van der Waals surface area contributed by atoms with E-state index in [1.54, 1.807) is 12.1 Å².